The predicted octanol–water partition coefficient (Wildman–Crippen LogP) is 1.12. The van der Waals surface area contributed by atoms with E-state index in [2.05, 4.69) is 47.8 Å². The normalized spacial score (nSPS) is 15.9. The van der Waals surface area contributed by atoms with Gasteiger partial charge in [0.1, 0.15) is 25.3 Å². The van der Waals surface area contributed by atoms with Gasteiger partial charge in [-0.25, -0.2) is 9.59 Å². The fraction of sp³-hybridized carbons (Fsp3) is 0.795. The number of hydrogen-bond donors (Lipinski definition) is 9. The minimum atomic E-state index is -1.24. The molecule has 0 saturated heterocycles. The molecule has 1 saturated carbocycles. The van der Waals surface area contributed by atoms with E-state index < -0.39 is 47.2 Å². The van der Waals surface area contributed by atoms with Crippen molar-refractivity contribution in [2.75, 3.05) is 84.4 Å². The number of unbranched alkanes of at least 4 members (excludes halogenated alkanes) is 1. The maximum atomic E-state index is 13.0. The van der Waals surface area contributed by atoms with Crippen LogP contribution in [0.3, 0.4) is 0 Å². The van der Waals surface area contributed by atoms with E-state index in [9.17, 15) is 58.5 Å². The third kappa shape index (κ3) is 31.3. The summed E-state index contributed by atoms with van der Waals surface area (Å²) in [5.41, 5.74) is -0.837. The second-order valence-electron chi connectivity index (χ2n) is 18.2. The number of carbonyl (C=O) groups is 9. The van der Waals surface area contributed by atoms with E-state index >= 15 is 0 Å². The highest BCUT2D eigenvalue weighted by Gasteiger charge is 2.33. The van der Waals surface area contributed by atoms with Gasteiger partial charge in [0.25, 0.3) is 0 Å². The van der Waals surface area contributed by atoms with Gasteiger partial charge in [0.2, 0.25) is 35.4 Å². The monoisotopic (exact) mass is 1020 g/mol. The van der Waals surface area contributed by atoms with E-state index in [1.807, 2.05) is 27.7 Å². The topological polar surface area (TPSA) is 323 Å². The summed E-state index contributed by atoms with van der Waals surface area (Å²) in [6.45, 7) is 9.11. The lowest BCUT2D eigenvalue weighted by molar-refractivity contribution is -0.143. The van der Waals surface area contributed by atoms with Crippen LogP contribution in [0.1, 0.15) is 105 Å². The molecular formula is C44H75BrN6O16. The first kappa shape index (κ1) is 60.6. The van der Waals surface area contributed by atoms with E-state index in [1.54, 1.807) is 0 Å². The van der Waals surface area contributed by atoms with Crippen LogP contribution in [-0.2, 0) is 62.1 Å². The first-order valence-corrected chi connectivity index (χ1v) is 24.0. The molecule has 67 heavy (non-hydrogen) atoms. The summed E-state index contributed by atoms with van der Waals surface area (Å²) >= 11 is 3.03. The fourth-order valence-corrected chi connectivity index (χ4v) is 7.91. The van der Waals surface area contributed by atoms with Gasteiger partial charge in [0.05, 0.1) is 51.4 Å². The lowest BCUT2D eigenvalue weighted by atomic mass is 9.71. The largest absolute Gasteiger partial charge is 0.481 e. The van der Waals surface area contributed by atoms with E-state index in [4.69, 9.17) is 18.9 Å². The second kappa shape index (κ2) is 33.9. The maximum Gasteiger partial charge on any atom is 0.326 e. The zero-order chi connectivity index (χ0) is 50.3. The number of ether oxygens (including phenoxy) is 4. The third-order valence-corrected chi connectivity index (χ3v) is 11.2. The van der Waals surface area contributed by atoms with Crippen molar-refractivity contribution in [3.8, 4) is 0 Å². The van der Waals surface area contributed by atoms with Crippen molar-refractivity contribution in [3.63, 3.8) is 0 Å². The Bertz CT molecular complexity index is 1580. The number of nitrogens with one attached hydrogen (secondary N) is 6. The quantitative estimate of drug-likeness (QED) is 0.0309. The summed E-state index contributed by atoms with van der Waals surface area (Å²) < 4.78 is 21.2. The maximum absolute atomic E-state index is 13.0. The van der Waals surface area contributed by atoms with Crippen LogP contribution >= 0.6 is 15.9 Å². The molecule has 0 aliphatic heterocycles. The van der Waals surface area contributed by atoms with Gasteiger partial charge in [-0.2, -0.15) is 0 Å². The zero-order valence-electron chi connectivity index (χ0n) is 39.5. The van der Waals surface area contributed by atoms with E-state index in [-0.39, 0.29) is 144 Å². The van der Waals surface area contributed by atoms with Gasteiger partial charge in [-0.15, -0.1) is 0 Å². The van der Waals surface area contributed by atoms with Gasteiger partial charge in [-0.05, 0) is 74.5 Å². The van der Waals surface area contributed by atoms with Crippen molar-refractivity contribution in [3.05, 3.63) is 0 Å². The Balaban J connectivity index is 2.11. The molecule has 2 atom stereocenters. The molecule has 0 unspecified atom stereocenters. The van der Waals surface area contributed by atoms with Crippen LogP contribution in [0.25, 0.3) is 0 Å². The molecule has 22 nitrogen and oxygen atoms in total. The highest BCUT2D eigenvalue weighted by Crippen LogP contribution is 2.38. The smallest absolute Gasteiger partial charge is 0.326 e. The van der Waals surface area contributed by atoms with Gasteiger partial charge in [0, 0.05) is 44.9 Å². The molecule has 0 spiro atoms. The molecule has 23 heteroatoms. The highest BCUT2D eigenvalue weighted by atomic mass is 79.9. The van der Waals surface area contributed by atoms with Crippen LogP contribution in [-0.4, -0.2) is 165 Å². The Morgan fingerprint density at radius 3 is 1.66 bits per heavy atom. The highest BCUT2D eigenvalue weighted by molar-refractivity contribution is 9.09. The molecule has 0 aromatic heterocycles. The van der Waals surface area contributed by atoms with Crippen LogP contribution < -0.4 is 31.9 Å². The molecule has 9 N–H and O–H groups in total. The molecule has 1 aliphatic rings. The summed E-state index contributed by atoms with van der Waals surface area (Å²) in [6.07, 6.45) is 4.33. The Hall–Kier alpha value is -4.45. The van der Waals surface area contributed by atoms with Crippen LogP contribution in [0.15, 0.2) is 0 Å². The number of halogens is 1. The Morgan fingerprint density at radius 1 is 0.567 bits per heavy atom. The van der Waals surface area contributed by atoms with Gasteiger partial charge in [-0.1, -0.05) is 43.6 Å². The lowest BCUT2D eigenvalue weighted by Crippen LogP contribution is -2.45. The molecule has 0 aromatic rings. The van der Waals surface area contributed by atoms with Crippen molar-refractivity contribution in [1.82, 2.24) is 31.9 Å². The van der Waals surface area contributed by atoms with Crippen molar-refractivity contribution in [2.24, 2.45) is 22.7 Å². The van der Waals surface area contributed by atoms with Crippen LogP contribution in [0.2, 0.25) is 0 Å². The molecule has 0 bridgehead atoms. The van der Waals surface area contributed by atoms with Gasteiger partial charge >= 0.3 is 17.9 Å². The van der Waals surface area contributed by atoms with Crippen molar-refractivity contribution >= 4 is 69.3 Å². The number of amides is 6. The first-order chi connectivity index (χ1) is 31.6. The number of hydrogen-bond acceptors (Lipinski definition) is 13. The molecule has 0 aromatic carbocycles. The third-order valence-electron chi connectivity index (χ3n) is 10.7. The number of alkyl halides is 1. The number of carboxylic acids is 3. The molecular weight excluding hydrogens is 948 g/mol. The number of carbonyl (C=O) groups excluding carboxylic acids is 6. The summed E-state index contributed by atoms with van der Waals surface area (Å²) in [7, 11) is 0. The molecule has 6 amide bonds. The zero-order valence-corrected chi connectivity index (χ0v) is 41.1. The van der Waals surface area contributed by atoms with Gasteiger partial charge in [-0.3, -0.25) is 33.6 Å². The predicted molar refractivity (Wildman–Crippen MR) is 246 cm³/mol. The van der Waals surface area contributed by atoms with Crippen molar-refractivity contribution in [1.29, 1.82) is 0 Å². The van der Waals surface area contributed by atoms with E-state index in [0.29, 0.717) is 58.0 Å². The minimum Gasteiger partial charge on any atom is -0.481 e. The molecule has 1 rings (SSSR count). The summed E-state index contributed by atoms with van der Waals surface area (Å²) in [6, 6.07) is -2.31. The van der Waals surface area contributed by atoms with Gasteiger partial charge < -0.3 is 66.2 Å². The summed E-state index contributed by atoms with van der Waals surface area (Å²) in [5, 5.41) is 44.3. The van der Waals surface area contributed by atoms with E-state index in [1.165, 1.54) is 0 Å². The molecule has 384 valence electrons. The number of rotatable bonds is 38. The SMILES string of the molecule is CC(C)(CC(=O)O)CC(C)(C)CC(=O)NC[C@H]1CC[C@H](C(=O)N[C@@H](CCC(=O)NCCOCCOCC(=O)NCCOCCOCC(=O)N[C@@H](CCCCNC(=O)CBr)C(=O)O)C(=O)O)CC1. The minimum absolute atomic E-state index is 0.0183. The Kier molecular flexibility index (Phi) is 30.7. The number of carboxylic acid groups (broad SMARTS) is 3. The van der Waals surface area contributed by atoms with Crippen molar-refractivity contribution < 1.29 is 77.4 Å². The average molecular weight is 1020 g/mol. The van der Waals surface area contributed by atoms with Crippen molar-refractivity contribution in [2.45, 2.75) is 117 Å². The first-order valence-electron chi connectivity index (χ1n) is 22.8. The molecule has 0 radical (unpaired) electrons. The molecule has 0 heterocycles. The lowest BCUT2D eigenvalue weighted by Gasteiger charge is -2.34. The van der Waals surface area contributed by atoms with Gasteiger partial charge in [0.15, 0.2) is 0 Å². The standard InChI is InChI=1S/C44H75BrN6O16/c1-43(2,29-44(3,4)24-39(57)58)23-35(53)49-26-30-8-10-31(11-9-30)40(59)51-33(42(62)63)12-13-34(52)47-15-17-64-19-21-66-27-37(55)48-16-18-65-20-22-67-28-38(56)50-32(41(60)61)7-5-6-14-46-36(54)25-45/h30-33H,5-29H2,1-4H3,(H,46,54)(H,47,52)(H,48,55)(H,49,53)(H,50,56)(H,51,59)(H,57,58)(H,60,61)(H,62,63)/t30-,31-,32-,33-/m0/s1. The fourth-order valence-electron chi connectivity index (χ4n) is 7.71. The van der Waals surface area contributed by atoms with Crippen LogP contribution in [0, 0.1) is 22.7 Å². The second-order valence-corrected chi connectivity index (χ2v) is 18.7. The summed E-state index contributed by atoms with van der Waals surface area (Å²) in [5.74, 6) is -5.50. The molecule has 1 aliphatic carbocycles. The van der Waals surface area contributed by atoms with E-state index in [0.717, 1.165) is 0 Å². The Labute approximate surface area is 401 Å². The van der Waals surface area contributed by atoms with Crippen LogP contribution in [0.5, 0.6) is 0 Å². The number of aliphatic carboxylic acids is 3. The van der Waals surface area contributed by atoms with Crippen LogP contribution in [0.4, 0.5) is 0 Å². The summed E-state index contributed by atoms with van der Waals surface area (Å²) in [4.78, 5) is 108. The Morgan fingerprint density at radius 2 is 1.09 bits per heavy atom. The average Bonchev–Trinajstić information content (AvgIpc) is 3.24. The molecule has 1 fully saturated rings.